The highest BCUT2D eigenvalue weighted by Gasteiger charge is 2.37. The number of rotatable bonds is 5. The quantitative estimate of drug-likeness (QED) is 0.546. The van der Waals surface area contributed by atoms with E-state index in [1.54, 1.807) is 0 Å². The molecule has 0 aromatic carbocycles. The summed E-state index contributed by atoms with van der Waals surface area (Å²) in [5.41, 5.74) is 0.876. The van der Waals surface area contributed by atoms with Gasteiger partial charge in [0.1, 0.15) is 6.04 Å². The monoisotopic (exact) mass is 217 g/mol. The molecule has 84 valence electrons. The molecule has 2 N–H and O–H groups in total. The lowest BCUT2D eigenvalue weighted by Crippen LogP contribution is -2.40. The van der Waals surface area contributed by atoms with Crippen LogP contribution < -0.4 is 5.54 Å². The summed E-state index contributed by atoms with van der Waals surface area (Å²) in [4.78, 5) is 10.3. The van der Waals surface area contributed by atoms with Crippen LogP contribution in [0.1, 0.15) is 19.8 Å². The number of halogens is 4. The molecule has 0 saturated heterocycles. The molecule has 0 heterocycles. The van der Waals surface area contributed by atoms with Crippen molar-refractivity contribution in [1.82, 2.24) is 5.54 Å². The summed E-state index contributed by atoms with van der Waals surface area (Å²) in [6.07, 6.45) is -5.85. The van der Waals surface area contributed by atoms with Crippen molar-refractivity contribution in [1.29, 1.82) is 0 Å². The largest absolute Gasteiger partial charge is 0.480 e. The SMILES string of the molecule is CCC(CC(F)(F)F)C(NF)C(=O)O. The average Bonchev–Trinajstić information content (AvgIpc) is 2.00. The van der Waals surface area contributed by atoms with Gasteiger partial charge in [0, 0.05) is 6.42 Å². The van der Waals surface area contributed by atoms with Gasteiger partial charge < -0.3 is 5.11 Å². The number of hydrogen-bond acceptors (Lipinski definition) is 2. The number of carbonyl (C=O) groups is 1. The first-order chi connectivity index (χ1) is 6.31. The van der Waals surface area contributed by atoms with E-state index in [1.165, 1.54) is 6.92 Å². The molecule has 7 heteroatoms. The number of nitrogens with one attached hydrogen (secondary N) is 1. The van der Waals surface area contributed by atoms with Crippen LogP contribution >= 0.6 is 0 Å². The Morgan fingerprint density at radius 3 is 2.21 bits per heavy atom. The number of aliphatic carboxylic acids is 1. The first-order valence-corrected chi connectivity index (χ1v) is 3.97. The van der Waals surface area contributed by atoms with E-state index >= 15 is 0 Å². The van der Waals surface area contributed by atoms with Crippen LogP contribution in [-0.4, -0.2) is 23.3 Å². The van der Waals surface area contributed by atoms with Crippen molar-refractivity contribution in [2.24, 2.45) is 5.92 Å². The highest BCUT2D eigenvalue weighted by atomic mass is 19.4. The van der Waals surface area contributed by atoms with Crippen LogP contribution in [0.2, 0.25) is 0 Å². The Bertz CT molecular complexity index is 195. The van der Waals surface area contributed by atoms with E-state index < -0.39 is 30.5 Å². The lowest BCUT2D eigenvalue weighted by atomic mass is 9.94. The van der Waals surface area contributed by atoms with Gasteiger partial charge in [0.15, 0.2) is 0 Å². The van der Waals surface area contributed by atoms with Gasteiger partial charge in [-0.3, -0.25) is 4.79 Å². The van der Waals surface area contributed by atoms with Crippen molar-refractivity contribution in [3.63, 3.8) is 0 Å². The summed E-state index contributed by atoms with van der Waals surface area (Å²) in [7, 11) is 0. The van der Waals surface area contributed by atoms with Gasteiger partial charge in [0.25, 0.3) is 0 Å². The normalized spacial score (nSPS) is 16.4. The van der Waals surface area contributed by atoms with E-state index in [9.17, 15) is 22.4 Å². The smallest absolute Gasteiger partial charge is 0.389 e. The predicted molar refractivity (Wildman–Crippen MR) is 40.1 cm³/mol. The third kappa shape index (κ3) is 4.40. The number of hydrogen-bond donors (Lipinski definition) is 2. The van der Waals surface area contributed by atoms with Crippen molar-refractivity contribution >= 4 is 5.97 Å². The molecular formula is C7H11F4NO2. The molecule has 14 heavy (non-hydrogen) atoms. The predicted octanol–water partition coefficient (Wildman–Crippen LogP) is 1.89. The maximum Gasteiger partial charge on any atom is 0.389 e. The van der Waals surface area contributed by atoms with E-state index in [4.69, 9.17) is 5.11 Å². The minimum Gasteiger partial charge on any atom is -0.480 e. The lowest BCUT2D eigenvalue weighted by Gasteiger charge is -2.21. The molecule has 0 aromatic heterocycles. The molecule has 0 rings (SSSR count). The summed E-state index contributed by atoms with van der Waals surface area (Å²) in [6, 6.07) is -1.80. The Morgan fingerprint density at radius 1 is 1.50 bits per heavy atom. The zero-order valence-electron chi connectivity index (χ0n) is 7.44. The summed E-state index contributed by atoms with van der Waals surface area (Å²) in [6.45, 7) is 1.38. The Morgan fingerprint density at radius 2 is 2.00 bits per heavy atom. The first kappa shape index (κ1) is 13.2. The minimum atomic E-state index is -4.48. The number of carboxylic acids is 1. The molecule has 0 aliphatic carbocycles. The zero-order valence-corrected chi connectivity index (χ0v) is 7.44. The van der Waals surface area contributed by atoms with Crippen LogP contribution in [-0.2, 0) is 4.79 Å². The fourth-order valence-corrected chi connectivity index (χ4v) is 1.13. The third-order valence-electron chi connectivity index (χ3n) is 1.87. The van der Waals surface area contributed by atoms with Crippen LogP contribution in [0.5, 0.6) is 0 Å². The van der Waals surface area contributed by atoms with Crippen LogP contribution in [0.3, 0.4) is 0 Å². The first-order valence-electron chi connectivity index (χ1n) is 3.97. The van der Waals surface area contributed by atoms with Gasteiger partial charge in [0.2, 0.25) is 0 Å². The Labute approximate surface area is 78.0 Å². The molecule has 0 saturated carbocycles. The van der Waals surface area contributed by atoms with Crippen molar-refractivity contribution in [2.75, 3.05) is 0 Å². The second kappa shape index (κ2) is 5.14. The van der Waals surface area contributed by atoms with Gasteiger partial charge in [-0.15, -0.1) is 10.0 Å². The van der Waals surface area contributed by atoms with Crippen molar-refractivity contribution < 1.29 is 27.6 Å². The van der Waals surface area contributed by atoms with E-state index in [2.05, 4.69) is 0 Å². The lowest BCUT2D eigenvalue weighted by molar-refractivity contribution is -0.156. The van der Waals surface area contributed by atoms with Gasteiger partial charge in [-0.05, 0) is 5.92 Å². The van der Waals surface area contributed by atoms with Crippen LogP contribution in [0.4, 0.5) is 17.7 Å². The molecule has 3 nitrogen and oxygen atoms in total. The summed E-state index contributed by atoms with van der Waals surface area (Å²) in [5, 5.41) is 8.40. The molecule has 0 amide bonds. The van der Waals surface area contributed by atoms with Crippen LogP contribution in [0.15, 0.2) is 0 Å². The third-order valence-corrected chi connectivity index (χ3v) is 1.87. The van der Waals surface area contributed by atoms with E-state index in [-0.39, 0.29) is 6.42 Å². The van der Waals surface area contributed by atoms with E-state index in [0.29, 0.717) is 0 Å². The van der Waals surface area contributed by atoms with Gasteiger partial charge >= 0.3 is 12.1 Å². The van der Waals surface area contributed by atoms with Crippen LogP contribution in [0, 0.1) is 5.92 Å². The summed E-state index contributed by atoms with van der Waals surface area (Å²) < 4.78 is 47.7. The second-order valence-corrected chi connectivity index (χ2v) is 2.91. The molecule has 0 radical (unpaired) electrons. The van der Waals surface area contributed by atoms with E-state index in [1.807, 2.05) is 0 Å². The van der Waals surface area contributed by atoms with Gasteiger partial charge in [-0.25, -0.2) is 0 Å². The standard InChI is InChI=1S/C7H11F4NO2/c1-2-4(3-7(8,9)10)5(12-11)6(13)14/h4-5,12H,2-3H2,1H3,(H,13,14). The van der Waals surface area contributed by atoms with Crippen LogP contribution in [0.25, 0.3) is 0 Å². The van der Waals surface area contributed by atoms with Crippen molar-refractivity contribution in [2.45, 2.75) is 32.0 Å². The highest BCUT2D eigenvalue weighted by molar-refractivity contribution is 5.73. The second-order valence-electron chi connectivity index (χ2n) is 2.91. The van der Waals surface area contributed by atoms with Gasteiger partial charge in [-0.2, -0.15) is 13.2 Å². The van der Waals surface area contributed by atoms with Gasteiger partial charge in [0.05, 0.1) is 0 Å². The Kier molecular flexibility index (Phi) is 4.82. The average molecular weight is 217 g/mol. The molecule has 0 aromatic rings. The number of carboxylic acid groups (broad SMARTS) is 1. The number of alkyl halides is 3. The molecule has 2 unspecified atom stereocenters. The molecule has 0 bridgehead atoms. The topological polar surface area (TPSA) is 49.3 Å². The van der Waals surface area contributed by atoms with Crippen molar-refractivity contribution in [3.8, 4) is 0 Å². The highest BCUT2D eigenvalue weighted by Crippen LogP contribution is 2.28. The molecule has 2 atom stereocenters. The fourth-order valence-electron chi connectivity index (χ4n) is 1.13. The van der Waals surface area contributed by atoms with E-state index in [0.717, 1.165) is 5.54 Å². The summed E-state index contributed by atoms with van der Waals surface area (Å²) >= 11 is 0. The minimum absolute atomic E-state index is 0.0621. The van der Waals surface area contributed by atoms with Gasteiger partial charge in [-0.1, -0.05) is 13.3 Å². The summed E-state index contributed by atoms with van der Waals surface area (Å²) in [5.74, 6) is -2.92. The van der Waals surface area contributed by atoms with Crippen molar-refractivity contribution in [3.05, 3.63) is 0 Å². The maximum atomic E-state index is 11.9. The molecular weight excluding hydrogens is 206 g/mol. The Hall–Kier alpha value is -0.850. The zero-order chi connectivity index (χ0) is 11.4. The molecule has 0 aliphatic rings. The molecule has 0 spiro atoms. The maximum absolute atomic E-state index is 11.9. The Balaban J connectivity index is 4.45. The molecule has 0 fully saturated rings. The molecule has 0 aliphatic heterocycles. The fraction of sp³-hybridized carbons (Fsp3) is 0.857.